The Morgan fingerprint density at radius 3 is 2.96 bits per heavy atom. The molecule has 3 aromatic heterocycles. The Bertz CT molecular complexity index is 1160. The Hall–Kier alpha value is -3.23. The van der Waals surface area contributed by atoms with Crippen LogP contribution in [0.25, 0.3) is 27.7 Å². The second-order valence-electron chi connectivity index (χ2n) is 7.00. The maximum Gasteiger partial charge on any atom is 0.167 e. The fraction of sp³-hybridized carbons (Fsp3) is 0.250. The first-order valence-electron chi connectivity index (χ1n) is 9.35. The van der Waals surface area contributed by atoms with Gasteiger partial charge in [0.25, 0.3) is 0 Å². The maximum absolute atomic E-state index is 9.82. The normalized spacial score (nSPS) is 17.9. The number of aliphatic hydroxyl groups is 1. The van der Waals surface area contributed by atoms with Gasteiger partial charge in [0.05, 0.1) is 11.7 Å². The zero-order chi connectivity index (χ0) is 19.1. The molecule has 1 unspecified atom stereocenters. The molecule has 0 bridgehead atoms. The summed E-state index contributed by atoms with van der Waals surface area (Å²) in [7, 11) is 0. The van der Waals surface area contributed by atoms with E-state index in [-0.39, 0.29) is 0 Å². The van der Waals surface area contributed by atoms with Crippen molar-refractivity contribution < 1.29 is 5.11 Å². The lowest BCUT2D eigenvalue weighted by atomic mass is 10.1. The summed E-state index contributed by atoms with van der Waals surface area (Å²) < 4.78 is 1.65. The van der Waals surface area contributed by atoms with Crippen LogP contribution in [-0.4, -0.2) is 50.6 Å². The SMILES string of the molecule is Nc1cc(N2CCNC(O)CC2)nc2c(-c3cnc4ccccc4c3)cnn12. The molecule has 8 heteroatoms. The third-order valence-electron chi connectivity index (χ3n) is 5.15. The molecule has 0 radical (unpaired) electrons. The van der Waals surface area contributed by atoms with Crippen molar-refractivity contribution in [2.24, 2.45) is 0 Å². The number of fused-ring (bicyclic) bond motifs is 2. The zero-order valence-corrected chi connectivity index (χ0v) is 15.3. The predicted octanol–water partition coefficient (Wildman–Crippen LogP) is 1.64. The van der Waals surface area contributed by atoms with Gasteiger partial charge in [-0.1, -0.05) is 18.2 Å². The molecule has 1 aliphatic rings. The van der Waals surface area contributed by atoms with Gasteiger partial charge in [-0.25, -0.2) is 4.98 Å². The number of anilines is 2. The Balaban J connectivity index is 1.60. The van der Waals surface area contributed by atoms with E-state index in [9.17, 15) is 5.11 Å². The minimum absolute atomic E-state index is 0.486. The second kappa shape index (κ2) is 6.74. The number of hydrogen-bond acceptors (Lipinski definition) is 7. The first kappa shape index (κ1) is 16.9. The smallest absolute Gasteiger partial charge is 0.167 e. The number of aromatic nitrogens is 4. The molecule has 5 rings (SSSR count). The third kappa shape index (κ3) is 2.92. The van der Waals surface area contributed by atoms with Crippen molar-refractivity contribution in [3.8, 4) is 11.1 Å². The number of para-hydroxylation sites is 1. The van der Waals surface area contributed by atoms with Crippen molar-refractivity contribution in [2.75, 3.05) is 30.3 Å². The van der Waals surface area contributed by atoms with Crippen molar-refractivity contribution in [1.29, 1.82) is 0 Å². The van der Waals surface area contributed by atoms with Gasteiger partial charge in [0.15, 0.2) is 5.65 Å². The topological polar surface area (TPSA) is 105 Å². The minimum Gasteiger partial charge on any atom is -0.383 e. The molecule has 1 fully saturated rings. The van der Waals surface area contributed by atoms with E-state index < -0.39 is 6.23 Å². The van der Waals surface area contributed by atoms with Crippen LogP contribution in [0.1, 0.15) is 6.42 Å². The van der Waals surface area contributed by atoms with E-state index in [2.05, 4.69) is 26.4 Å². The van der Waals surface area contributed by atoms with Gasteiger partial charge in [-0.05, 0) is 12.1 Å². The van der Waals surface area contributed by atoms with Crippen LogP contribution in [0, 0.1) is 0 Å². The summed E-state index contributed by atoms with van der Waals surface area (Å²) in [6.45, 7) is 2.15. The number of rotatable bonds is 2. The summed E-state index contributed by atoms with van der Waals surface area (Å²) in [5.41, 5.74) is 9.75. The van der Waals surface area contributed by atoms with Crippen molar-refractivity contribution in [1.82, 2.24) is 24.9 Å². The molecule has 4 heterocycles. The first-order valence-corrected chi connectivity index (χ1v) is 9.35. The highest BCUT2D eigenvalue weighted by atomic mass is 16.3. The number of nitrogens with one attached hydrogen (secondary N) is 1. The molecule has 4 N–H and O–H groups in total. The summed E-state index contributed by atoms with van der Waals surface area (Å²) >= 11 is 0. The fourth-order valence-corrected chi connectivity index (χ4v) is 3.64. The van der Waals surface area contributed by atoms with Crippen molar-refractivity contribution >= 4 is 28.2 Å². The average Bonchev–Trinajstić information content (AvgIpc) is 3.02. The van der Waals surface area contributed by atoms with Crippen molar-refractivity contribution in [2.45, 2.75) is 12.6 Å². The summed E-state index contributed by atoms with van der Waals surface area (Å²) in [6, 6.07) is 11.9. The van der Waals surface area contributed by atoms with E-state index in [1.165, 1.54) is 0 Å². The van der Waals surface area contributed by atoms with Gasteiger partial charge >= 0.3 is 0 Å². The van der Waals surface area contributed by atoms with Gasteiger partial charge in [0.1, 0.15) is 17.9 Å². The van der Waals surface area contributed by atoms with Crippen LogP contribution >= 0.6 is 0 Å². The van der Waals surface area contributed by atoms with E-state index in [1.54, 1.807) is 10.7 Å². The fourth-order valence-electron chi connectivity index (χ4n) is 3.64. The molecule has 142 valence electrons. The predicted molar refractivity (Wildman–Crippen MR) is 109 cm³/mol. The highest BCUT2D eigenvalue weighted by molar-refractivity contribution is 5.87. The molecule has 28 heavy (non-hydrogen) atoms. The molecule has 1 saturated heterocycles. The standard InChI is InChI=1S/C20H21N7O/c21-17-10-18(26-7-5-19(28)22-6-8-26)25-20-15(12-24-27(17)20)14-9-13-3-1-2-4-16(13)23-11-14/h1-4,9-12,19,22,28H,5-8,21H2. The number of nitrogen functional groups attached to an aromatic ring is 1. The zero-order valence-electron chi connectivity index (χ0n) is 15.3. The third-order valence-corrected chi connectivity index (χ3v) is 5.15. The van der Waals surface area contributed by atoms with Crippen LogP contribution in [0.4, 0.5) is 11.6 Å². The van der Waals surface area contributed by atoms with Gasteiger partial charge in [-0.3, -0.25) is 10.3 Å². The molecule has 0 spiro atoms. The van der Waals surface area contributed by atoms with Crippen LogP contribution in [0.15, 0.2) is 48.8 Å². The maximum atomic E-state index is 9.82. The van der Waals surface area contributed by atoms with E-state index in [4.69, 9.17) is 10.7 Å². The lowest BCUT2D eigenvalue weighted by Crippen LogP contribution is -2.30. The number of nitrogens with zero attached hydrogens (tertiary/aromatic N) is 5. The lowest BCUT2D eigenvalue weighted by molar-refractivity contribution is 0.138. The average molecular weight is 375 g/mol. The summed E-state index contributed by atoms with van der Waals surface area (Å²) in [4.78, 5) is 11.5. The van der Waals surface area contributed by atoms with Crippen LogP contribution in [-0.2, 0) is 0 Å². The molecule has 1 aromatic carbocycles. The van der Waals surface area contributed by atoms with E-state index in [0.717, 1.165) is 34.4 Å². The molecular weight excluding hydrogens is 354 g/mol. The quantitative estimate of drug-likeness (QED) is 0.489. The van der Waals surface area contributed by atoms with Gasteiger partial charge in [0.2, 0.25) is 0 Å². The van der Waals surface area contributed by atoms with Crippen LogP contribution in [0.5, 0.6) is 0 Å². The largest absolute Gasteiger partial charge is 0.383 e. The monoisotopic (exact) mass is 375 g/mol. The lowest BCUT2D eigenvalue weighted by Gasteiger charge is -2.21. The second-order valence-corrected chi connectivity index (χ2v) is 7.00. The Morgan fingerprint density at radius 2 is 2.04 bits per heavy atom. The van der Waals surface area contributed by atoms with E-state index in [0.29, 0.717) is 31.0 Å². The Kier molecular flexibility index (Phi) is 4.07. The molecule has 1 aliphatic heterocycles. The number of aliphatic hydroxyl groups excluding tert-OH is 1. The number of benzene rings is 1. The van der Waals surface area contributed by atoms with Crippen LogP contribution in [0.3, 0.4) is 0 Å². The summed E-state index contributed by atoms with van der Waals surface area (Å²) in [5, 5.41) is 18.4. The number of pyridine rings is 1. The van der Waals surface area contributed by atoms with Crippen molar-refractivity contribution in [3.05, 3.63) is 48.8 Å². The number of hydrogen-bond donors (Lipinski definition) is 3. The van der Waals surface area contributed by atoms with E-state index in [1.807, 2.05) is 36.5 Å². The van der Waals surface area contributed by atoms with Crippen LogP contribution in [0.2, 0.25) is 0 Å². The van der Waals surface area contributed by atoms with Crippen LogP contribution < -0.4 is 16.0 Å². The molecule has 8 nitrogen and oxygen atoms in total. The summed E-state index contributed by atoms with van der Waals surface area (Å²) in [6.07, 6.45) is 3.77. The highest BCUT2D eigenvalue weighted by Gasteiger charge is 2.19. The minimum atomic E-state index is -0.486. The van der Waals surface area contributed by atoms with Gasteiger partial charge in [-0.15, -0.1) is 0 Å². The molecular formula is C20H21N7O. The molecule has 0 amide bonds. The van der Waals surface area contributed by atoms with E-state index >= 15 is 0 Å². The highest BCUT2D eigenvalue weighted by Crippen LogP contribution is 2.28. The van der Waals surface area contributed by atoms with Gasteiger partial charge < -0.3 is 15.7 Å². The first-order chi connectivity index (χ1) is 13.7. The van der Waals surface area contributed by atoms with Crippen molar-refractivity contribution in [3.63, 3.8) is 0 Å². The van der Waals surface area contributed by atoms with Gasteiger partial charge in [-0.2, -0.15) is 9.61 Å². The molecule has 1 atom stereocenters. The number of nitrogens with two attached hydrogens (primary N) is 1. The van der Waals surface area contributed by atoms with Gasteiger partial charge in [0, 0.05) is 54.8 Å². The Labute approximate surface area is 161 Å². The molecule has 0 saturated carbocycles. The Morgan fingerprint density at radius 1 is 1.14 bits per heavy atom. The summed E-state index contributed by atoms with van der Waals surface area (Å²) in [5.74, 6) is 1.31. The molecule has 4 aromatic rings. The molecule has 0 aliphatic carbocycles.